The van der Waals surface area contributed by atoms with Crippen molar-refractivity contribution in [3.63, 3.8) is 0 Å². The van der Waals surface area contributed by atoms with Gasteiger partial charge in [0.2, 0.25) is 0 Å². The van der Waals surface area contributed by atoms with Crippen molar-refractivity contribution < 1.29 is 0 Å². The molecule has 1 fully saturated rings. The Bertz CT molecular complexity index is 381. The molecule has 5 nitrogen and oxygen atoms in total. The van der Waals surface area contributed by atoms with Crippen molar-refractivity contribution in [2.45, 2.75) is 19.4 Å². The lowest BCUT2D eigenvalue weighted by Gasteiger charge is -2.16. The van der Waals surface area contributed by atoms with Crippen LogP contribution in [0.4, 0.5) is 5.82 Å². The number of hydrogen-bond acceptors (Lipinski definition) is 4. The molecule has 1 aliphatic heterocycles. The van der Waals surface area contributed by atoms with Crippen LogP contribution in [0.2, 0.25) is 0 Å². The van der Waals surface area contributed by atoms with E-state index >= 15 is 0 Å². The van der Waals surface area contributed by atoms with E-state index < -0.39 is 0 Å². The van der Waals surface area contributed by atoms with E-state index in [1.165, 1.54) is 12.8 Å². The van der Waals surface area contributed by atoms with Gasteiger partial charge in [0.05, 0.1) is 0 Å². The van der Waals surface area contributed by atoms with Gasteiger partial charge in [0.1, 0.15) is 5.82 Å². The lowest BCUT2D eigenvalue weighted by Crippen LogP contribution is -2.25. The first-order valence-electron chi connectivity index (χ1n) is 5.29. The molecule has 0 spiro atoms. The Morgan fingerprint density at radius 2 is 2.27 bits per heavy atom. The Morgan fingerprint density at radius 1 is 1.53 bits per heavy atom. The molecule has 0 radical (unpaired) electrons. The molecule has 0 unspecified atom stereocenters. The van der Waals surface area contributed by atoms with E-state index in [0.29, 0.717) is 6.54 Å². The largest absolute Gasteiger partial charge is 0.356 e. The van der Waals surface area contributed by atoms with Crippen LogP contribution in [0.3, 0.4) is 0 Å². The minimum Gasteiger partial charge on any atom is -0.356 e. The Morgan fingerprint density at radius 3 is 2.93 bits per heavy atom. The number of hydrogen-bond donors (Lipinski definition) is 2. The highest BCUT2D eigenvalue weighted by atomic mass is 16.1. The maximum Gasteiger partial charge on any atom is 0.347 e. The second-order valence-electron chi connectivity index (χ2n) is 3.79. The van der Waals surface area contributed by atoms with Gasteiger partial charge < -0.3 is 15.2 Å². The van der Waals surface area contributed by atoms with Gasteiger partial charge >= 0.3 is 5.69 Å². The zero-order valence-corrected chi connectivity index (χ0v) is 8.92. The van der Waals surface area contributed by atoms with E-state index in [4.69, 9.17) is 0 Å². The van der Waals surface area contributed by atoms with E-state index in [2.05, 4.69) is 20.2 Å². The fraction of sp³-hybridized carbons (Fsp3) is 0.600. The molecule has 5 heteroatoms. The van der Waals surface area contributed by atoms with E-state index in [0.717, 1.165) is 24.6 Å². The number of aromatic nitrogens is 2. The fourth-order valence-corrected chi connectivity index (χ4v) is 1.89. The summed E-state index contributed by atoms with van der Waals surface area (Å²) in [6.07, 6.45) is 2.38. The Balaban J connectivity index is 2.26. The number of anilines is 1. The van der Waals surface area contributed by atoms with Gasteiger partial charge in [-0.05, 0) is 19.9 Å². The minimum absolute atomic E-state index is 0.260. The van der Waals surface area contributed by atoms with Crippen LogP contribution in [0.1, 0.15) is 18.5 Å². The number of H-pyrrole nitrogens is 1. The van der Waals surface area contributed by atoms with Crippen LogP contribution in [0.25, 0.3) is 0 Å². The summed E-state index contributed by atoms with van der Waals surface area (Å²) < 4.78 is 0. The molecule has 0 aromatic carbocycles. The highest BCUT2D eigenvalue weighted by Gasteiger charge is 2.14. The van der Waals surface area contributed by atoms with Gasteiger partial charge in [-0.3, -0.25) is 0 Å². The summed E-state index contributed by atoms with van der Waals surface area (Å²) >= 11 is 0. The van der Waals surface area contributed by atoms with Crippen molar-refractivity contribution in [2.75, 3.05) is 25.0 Å². The quantitative estimate of drug-likeness (QED) is 0.739. The third-order valence-corrected chi connectivity index (χ3v) is 2.58. The standard InChI is InChI=1S/C10H16N4O/c1-11-7-8-6-9(13-10(15)12-8)14-4-2-3-5-14/h6,11H,2-5,7H2,1H3,(H,12,13,15). The van der Waals surface area contributed by atoms with Crippen molar-refractivity contribution in [1.29, 1.82) is 0 Å². The molecule has 0 saturated carbocycles. The molecule has 1 aromatic rings. The van der Waals surface area contributed by atoms with Crippen molar-refractivity contribution in [1.82, 2.24) is 15.3 Å². The molecule has 1 aliphatic rings. The average Bonchev–Trinajstić information content (AvgIpc) is 2.70. The van der Waals surface area contributed by atoms with Crippen LogP contribution in [-0.2, 0) is 6.54 Å². The SMILES string of the molecule is CNCc1cc(N2CCCC2)nc(=O)[nH]1. The van der Waals surface area contributed by atoms with Gasteiger partial charge in [-0.2, -0.15) is 4.98 Å². The third kappa shape index (κ3) is 2.36. The number of nitrogens with zero attached hydrogens (tertiary/aromatic N) is 2. The summed E-state index contributed by atoms with van der Waals surface area (Å²) in [5, 5.41) is 3.01. The second kappa shape index (κ2) is 4.44. The first kappa shape index (κ1) is 10.2. The zero-order chi connectivity index (χ0) is 10.7. The zero-order valence-electron chi connectivity index (χ0n) is 8.92. The van der Waals surface area contributed by atoms with Crippen molar-refractivity contribution in [2.24, 2.45) is 0 Å². The molecular formula is C10H16N4O. The summed E-state index contributed by atoms with van der Waals surface area (Å²) in [4.78, 5) is 20.2. The van der Waals surface area contributed by atoms with Gasteiger partial charge in [0.25, 0.3) is 0 Å². The summed E-state index contributed by atoms with van der Waals surface area (Å²) in [5.41, 5.74) is 0.629. The van der Waals surface area contributed by atoms with Crippen molar-refractivity contribution in [3.05, 3.63) is 22.2 Å². The van der Waals surface area contributed by atoms with Crippen LogP contribution in [0, 0.1) is 0 Å². The average molecular weight is 208 g/mol. The third-order valence-electron chi connectivity index (χ3n) is 2.58. The number of nitrogens with one attached hydrogen (secondary N) is 2. The predicted octanol–water partition coefficient (Wildman–Crippen LogP) is 0.0895. The molecule has 2 N–H and O–H groups in total. The lowest BCUT2D eigenvalue weighted by atomic mass is 10.3. The van der Waals surface area contributed by atoms with E-state index in [1.807, 2.05) is 13.1 Å². The topological polar surface area (TPSA) is 61.0 Å². The van der Waals surface area contributed by atoms with Gasteiger partial charge in [-0.15, -0.1) is 0 Å². The van der Waals surface area contributed by atoms with Crippen molar-refractivity contribution >= 4 is 5.82 Å². The van der Waals surface area contributed by atoms with Crippen LogP contribution < -0.4 is 15.9 Å². The van der Waals surface area contributed by atoms with Crippen molar-refractivity contribution in [3.8, 4) is 0 Å². The highest BCUT2D eigenvalue weighted by molar-refractivity contribution is 5.39. The first-order chi connectivity index (χ1) is 7.29. The molecule has 1 aromatic heterocycles. The normalized spacial score (nSPS) is 15.9. The summed E-state index contributed by atoms with van der Waals surface area (Å²) in [7, 11) is 1.86. The van der Waals surface area contributed by atoms with E-state index in [9.17, 15) is 4.79 Å². The molecule has 15 heavy (non-hydrogen) atoms. The summed E-state index contributed by atoms with van der Waals surface area (Å²) in [5.74, 6) is 0.807. The molecule has 0 atom stereocenters. The monoisotopic (exact) mass is 208 g/mol. The highest BCUT2D eigenvalue weighted by Crippen LogP contribution is 2.16. The van der Waals surface area contributed by atoms with Crippen LogP contribution >= 0.6 is 0 Å². The van der Waals surface area contributed by atoms with Gasteiger partial charge in [0, 0.05) is 31.4 Å². The smallest absolute Gasteiger partial charge is 0.347 e. The van der Waals surface area contributed by atoms with Gasteiger partial charge in [-0.25, -0.2) is 4.79 Å². The molecule has 0 aliphatic carbocycles. The molecule has 1 saturated heterocycles. The number of rotatable bonds is 3. The summed E-state index contributed by atoms with van der Waals surface area (Å²) in [6, 6.07) is 1.95. The molecule has 0 bridgehead atoms. The van der Waals surface area contributed by atoms with Gasteiger partial charge in [-0.1, -0.05) is 0 Å². The van der Waals surface area contributed by atoms with Crippen LogP contribution in [-0.4, -0.2) is 30.1 Å². The number of aromatic amines is 1. The molecule has 2 rings (SSSR count). The first-order valence-corrected chi connectivity index (χ1v) is 5.29. The summed E-state index contributed by atoms with van der Waals surface area (Å²) in [6.45, 7) is 2.68. The second-order valence-corrected chi connectivity index (χ2v) is 3.79. The predicted molar refractivity (Wildman–Crippen MR) is 59.1 cm³/mol. The molecule has 82 valence electrons. The fourth-order valence-electron chi connectivity index (χ4n) is 1.89. The Kier molecular flexibility index (Phi) is 3.01. The van der Waals surface area contributed by atoms with Crippen LogP contribution in [0.5, 0.6) is 0 Å². The van der Waals surface area contributed by atoms with Gasteiger partial charge in [0.15, 0.2) is 0 Å². The maximum atomic E-state index is 11.3. The van der Waals surface area contributed by atoms with E-state index in [1.54, 1.807) is 0 Å². The maximum absolute atomic E-state index is 11.3. The molecule has 2 heterocycles. The molecule has 0 amide bonds. The molecular weight excluding hydrogens is 192 g/mol. The van der Waals surface area contributed by atoms with Crippen LogP contribution in [0.15, 0.2) is 10.9 Å². The Labute approximate surface area is 88.5 Å². The lowest BCUT2D eigenvalue weighted by molar-refractivity contribution is 0.773. The van der Waals surface area contributed by atoms with E-state index in [-0.39, 0.29) is 5.69 Å². The minimum atomic E-state index is -0.260. The Hall–Kier alpha value is -1.36.